The van der Waals surface area contributed by atoms with Crippen LogP contribution in [0.3, 0.4) is 0 Å². The van der Waals surface area contributed by atoms with Gasteiger partial charge >= 0.3 is 0 Å². The maximum absolute atomic E-state index is 12.5. The highest BCUT2D eigenvalue weighted by Gasteiger charge is 2.26. The highest BCUT2D eigenvalue weighted by Crippen LogP contribution is 2.31. The number of benzene rings is 2. The zero-order valence-electron chi connectivity index (χ0n) is 20.7. The van der Waals surface area contributed by atoms with Crippen molar-refractivity contribution < 1.29 is 14.3 Å². The molecule has 1 aromatic heterocycles. The fourth-order valence-corrected chi connectivity index (χ4v) is 3.28. The summed E-state index contributed by atoms with van der Waals surface area (Å²) < 4.78 is 6.83. The molecule has 0 saturated heterocycles. The maximum Gasteiger partial charge on any atom is 0.255 e. The molecule has 0 saturated carbocycles. The number of para-hydroxylation sites is 1. The van der Waals surface area contributed by atoms with Crippen molar-refractivity contribution in [2.45, 2.75) is 32.9 Å². The normalized spacial score (nSPS) is 10.5. The van der Waals surface area contributed by atoms with Crippen molar-refractivity contribution in [2.75, 3.05) is 12.8 Å². The Morgan fingerprint density at radius 1 is 1.09 bits per heavy atom. The first kappa shape index (κ1) is 26.9. The lowest BCUT2D eigenvalue weighted by Crippen LogP contribution is -2.25. The first-order valence-electron chi connectivity index (χ1n) is 11.0. The van der Waals surface area contributed by atoms with Gasteiger partial charge in [0.1, 0.15) is 22.8 Å². The van der Waals surface area contributed by atoms with E-state index in [1.54, 1.807) is 35.0 Å². The van der Waals surface area contributed by atoms with Crippen LogP contribution in [0.15, 0.2) is 73.8 Å². The third-order valence-electron chi connectivity index (χ3n) is 5.00. The Morgan fingerprint density at radius 3 is 2.20 bits per heavy atom. The van der Waals surface area contributed by atoms with Crippen molar-refractivity contribution >= 4 is 17.6 Å². The molecule has 0 spiro atoms. The Hall–Kier alpha value is -4.33. The van der Waals surface area contributed by atoms with Crippen LogP contribution in [0.2, 0.25) is 0 Å². The van der Waals surface area contributed by atoms with E-state index in [-0.39, 0.29) is 17.3 Å². The van der Waals surface area contributed by atoms with Crippen LogP contribution < -0.4 is 21.5 Å². The summed E-state index contributed by atoms with van der Waals surface area (Å²) in [5.74, 6) is -0.102. The van der Waals surface area contributed by atoms with Gasteiger partial charge in [-0.15, -0.1) is 0 Å². The minimum absolute atomic E-state index is 0.201. The molecule has 2 aromatic carbocycles. The number of carbonyl (C=O) groups is 2. The molecule has 0 unspecified atom stereocenters. The summed E-state index contributed by atoms with van der Waals surface area (Å²) in [4.78, 5) is 24.5. The number of anilines is 1. The van der Waals surface area contributed by atoms with Crippen molar-refractivity contribution in [3.05, 3.63) is 90.5 Å². The van der Waals surface area contributed by atoms with E-state index in [1.165, 1.54) is 7.11 Å². The summed E-state index contributed by atoms with van der Waals surface area (Å²) in [6.07, 6.45) is 3.28. The lowest BCUT2D eigenvalue weighted by atomic mass is 10.0. The molecule has 8 heteroatoms. The Kier molecular flexibility index (Phi) is 8.99. The molecule has 0 atom stereocenters. The van der Waals surface area contributed by atoms with Crippen LogP contribution in [0.1, 0.15) is 47.1 Å². The second-order valence-corrected chi connectivity index (χ2v) is 8.61. The number of allylic oxidation sites excluding steroid dienone is 2. The third kappa shape index (κ3) is 6.60. The van der Waals surface area contributed by atoms with Crippen molar-refractivity contribution in [1.82, 2.24) is 15.1 Å². The number of primary amides is 1. The van der Waals surface area contributed by atoms with Crippen LogP contribution in [0.5, 0.6) is 5.75 Å². The van der Waals surface area contributed by atoms with Gasteiger partial charge in [-0.05, 0) is 38.5 Å². The van der Waals surface area contributed by atoms with E-state index in [4.69, 9.17) is 16.2 Å². The highest BCUT2D eigenvalue weighted by molar-refractivity contribution is 6.03. The summed E-state index contributed by atoms with van der Waals surface area (Å²) in [7, 11) is 1.53. The van der Waals surface area contributed by atoms with Crippen LogP contribution >= 0.6 is 0 Å². The van der Waals surface area contributed by atoms with Gasteiger partial charge in [-0.2, -0.15) is 5.10 Å². The number of ether oxygens (including phenoxy) is 1. The predicted octanol–water partition coefficient (Wildman–Crippen LogP) is 4.28. The molecule has 5 N–H and O–H groups in total. The number of nitrogens with one attached hydrogen (secondary N) is 1. The molecular weight excluding hydrogens is 442 g/mol. The Labute approximate surface area is 206 Å². The van der Waals surface area contributed by atoms with E-state index in [0.29, 0.717) is 29.1 Å². The van der Waals surface area contributed by atoms with Crippen LogP contribution in [-0.4, -0.2) is 28.7 Å². The van der Waals surface area contributed by atoms with Gasteiger partial charge in [0.05, 0.1) is 18.2 Å². The van der Waals surface area contributed by atoms with E-state index in [2.05, 4.69) is 23.6 Å². The molecule has 0 aliphatic carbocycles. The van der Waals surface area contributed by atoms with Gasteiger partial charge in [-0.1, -0.05) is 61.7 Å². The number of nitrogen functional groups attached to an aromatic ring is 1. The number of hydrogen-bond donors (Lipinski definition) is 3. The monoisotopic (exact) mass is 475 g/mol. The van der Waals surface area contributed by atoms with Gasteiger partial charge in [0.15, 0.2) is 0 Å². The fraction of sp³-hybridized carbons (Fsp3) is 0.222. The molecular formula is C27H33N5O3. The number of rotatable bonds is 7. The van der Waals surface area contributed by atoms with Gasteiger partial charge in [0.2, 0.25) is 0 Å². The molecule has 0 aliphatic heterocycles. The molecule has 0 fully saturated rings. The average Bonchev–Trinajstić information content (AvgIpc) is 3.20. The number of aromatic nitrogens is 2. The largest absolute Gasteiger partial charge is 0.496 e. The number of hydrogen-bond acceptors (Lipinski definition) is 5. The van der Waals surface area contributed by atoms with E-state index in [1.807, 2.05) is 51.1 Å². The number of nitrogens with zero attached hydrogens (tertiary/aromatic N) is 2. The molecule has 1 heterocycles. The van der Waals surface area contributed by atoms with Crippen molar-refractivity contribution in [3.8, 4) is 17.0 Å². The van der Waals surface area contributed by atoms with E-state index < -0.39 is 11.4 Å². The molecule has 3 rings (SSSR count). The first-order chi connectivity index (χ1) is 16.5. The van der Waals surface area contributed by atoms with Crippen LogP contribution in [0.4, 0.5) is 5.82 Å². The minimum atomic E-state index is -0.629. The van der Waals surface area contributed by atoms with Gasteiger partial charge in [-0.3, -0.25) is 9.59 Å². The molecule has 0 radical (unpaired) electrons. The standard InChI is InChI=1S/C23H27N5O3.C4H6/c1-23(2,3)28-20(24)18(21(25)29)19(27-28)15-11-9-14(10-12-15)13-26-22(30)16-7-5-6-8-17(16)31-4;1-3-4-2/h5-12H,13,24H2,1-4H3,(H2,25,29)(H,26,30);3-4H,1-2H2. The zero-order chi connectivity index (χ0) is 26.2. The Balaban J connectivity index is 0.00000100. The molecule has 0 aliphatic rings. The van der Waals surface area contributed by atoms with Crippen molar-refractivity contribution in [3.63, 3.8) is 0 Å². The van der Waals surface area contributed by atoms with Gasteiger partial charge in [-0.25, -0.2) is 4.68 Å². The maximum atomic E-state index is 12.5. The average molecular weight is 476 g/mol. The first-order valence-corrected chi connectivity index (χ1v) is 11.0. The van der Waals surface area contributed by atoms with Crippen molar-refractivity contribution in [2.24, 2.45) is 5.73 Å². The van der Waals surface area contributed by atoms with E-state index >= 15 is 0 Å². The fourth-order valence-electron chi connectivity index (χ4n) is 3.28. The third-order valence-corrected chi connectivity index (χ3v) is 5.00. The highest BCUT2D eigenvalue weighted by atomic mass is 16.5. The summed E-state index contributed by atoms with van der Waals surface area (Å²) in [5, 5.41) is 7.42. The quantitative estimate of drug-likeness (QED) is 0.440. The Morgan fingerprint density at radius 2 is 1.69 bits per heavy atom. The second-order valence-electron chi connectivity index (χ2n) is 8.61. The van der Waals surface area contributed by atoms with Crippen LogP contribution in [0, 0.1) is 0 Å². The summed E-state index contributed by atoms with van der Waals surface area (Å²) in [5.41, 5.74) is 14.0. The van der Waals surface area contributed by atoms with Crippen molar-refractivity contribution in [1.29, 1.82) is 0 Å². The number of carbonyl (C=O) groups excluding carboxylic acids is 2. The SMILES string of the molecule is C=CC=C.COc1ccccc1C(=O)NCc1ccc(-c2nn(C(C)(C)C)c(N)c2C(N)=O)cc1. The molecule has 8 nitrogen and oxygen atoms in total. The Bertz CT molecular complexity index is 1200. The van der Waals surface area contributed by atoms with Gasteiger partial charge in [0.25, 0.3) is 11.8 Å². The number of amides is 2. The molecule has 2 amide bonds. The lowest BCUT2D eigenvalue weighted by Gasteiger charge is -2.20. The smallest absolute Gasteiger partial charge is 0.255 e. The predicted molar refractivity (Wildman–Crippen MR) is 140 cm³/mol. The molecule has 35 heavy (non-hydrogen) atoms. The second kappa shape index (κ2) is 11.7. The zero-order valence-corrected chi connectivity index (χ0v) is 20.7. The van der Waals surface area contributed by atoms with E-state index in [9.17, 15) is 9.59 Å². The number of nitrogens with two attached hydrogens (primary N) is 2. The van der Waals surface area contributed by atoms with Gasteiger partial charge < -0.3 is 21.5 Å². The summed E-state index contributed by atoms with van der Waals surface area (Å²) >= 11 is 0. The van der Waals surface area contributed by atoms with Gasteiger partial charge in [0, 0.05) is 12.1 Å². The molecule has 3 aromatic rings. The summed E-state index contributed by atoms with van der Waals surface area (Å²) in [6, 6.07) is 14.4. The van der Waals surface area contributed by atoms with Crippen LogP contribution in [0.25, 0.3) is 11.3 Å². The van der Waals surface area contributed by atoms with Crippen LogP contribution in [-0.2, 0) is 12.1 Å². The number of methoxy groups -OCH3 is 1. The topological polar surface area (TPSA) is 125 Å². The molecule has 0 bridgehead atoms. The lowest BCUT2D eigenvalue weighted by molar-refractivity contribution is 0.0946. The minimum Gasteiger partial charge on any atom is -0.496 e. The summed E-state index contributed by atoms with van der Waals surface area (Å²) in [6.45, 7) is 12.9. The molecule has 184 valence electrons. The van der Waals surface area contributed by atoms with E-state index in [0.717, 1.165) is 5.56 Å².